The number of rotatable bonds is 6. The van der Waals surface area contributed by atoms with Gasteiger partial charge in [0, 0.05) is 6.21 Å². The van der Waals surface area contributed by atoms with Gasteiger partial charge in [-0.15, -0.1) is 0 Å². The molecular formula is C17H20N4O5S. The smallest absolute Gasteiger partial charge is 0.264 e. The van der Waals surface area contributed by atoms with Crippen molar-refractivity contribution in [2.45, 2.75) is 30.6 Å². The molecule has 0 amide bonds. The van der Waals surface area contributed by atoms with Crippen LogP contribution in [-0.4, -0.2) is 50.2 Å². The van der Waals surface area contributed by atoms with E-state index in [1.54, 1.807) is 18.3 Å². The Balaban J connectivity index is 1.66. The maximum Gasteiger partial charge on any atom is 0.264 e. The fourth-order valence-electron chi connectivity index (χ4n) is 2.32. The molecule has 1 N–H and O–H groups in total. The van der Waals surface area contributed by atoms with Gasteiger partial charge in [-0.25, -0.2) is 23.1 Å². The normalized spacial score (nSPS) is 19.3. The second-order valence-electron chi connectivity index (χ2n) is 6.19. The summed E-state index contributed by atoms with van der Waals surface area (Å²) in [6.07, 6.45) is 4.15. The van der Waals surface area contributed by atoms with E-state index in [4.69, 9.17) is 14.2 Å². The zero-order chi connectivity index (χ0) is 19.5. The summed E-state index contributed by atoms with van der Waals surface area (Å²) in [6.45, 7) is 4.09. The van der Waals surface area contributed by atoms with Gasteiger partial charge in [0.15, 0.2) is 11.5 Å². The molecule has 1 aliphatic rings. The van der Waals surface area contributed by atoms with E-state index < -0.39 is 15.8 Å². The number of sulfonamides is 1. The standard InChI is InChI=1S/C17H20N4O5S/c1-17(2)25-11-14(26-17)10-18-12-4-6-15(7-5-12)27(22,23)21-16-19-8-13(24-3)9-20-16/h4-10,14H,11H2,1-3H3,(H,19,20,21)/t14-/m1/s1. The highest BCUT2D eigenvalue weighted by Crippen LogP contribution is 2.23. The number of anilines is 1. The van der Waals surface area contributed by atoms with Crippen LogP contribution in [-0.2, 0) is 19.5 Å². The highest BCUT2D eigenvalue weighted by Gasteiger charge is 2.31. The Hall–Kier alpha value is -2.56. The Labute approximate surface area is 157 Å². The van der Waals surface area contributed by atoms with Crippen LogP contribution in [0.4, 0.5) is 11.6 Å². The van der Waals surface area contributed by atoms with E-state index in [0.29, 0.717) is 18.0 Å². The molecule has 27 heavy (non-hydrogen) atoms. The van der Waals surface area contributed by atoms with Crippen molar-refractivity contribution in [1.82, 2.24) is 9.97 Å². The lowest BCUT2D eigenvalue weighted by Gasteiger charge is -2.15. The summed E-state index contributed by atoms with van der Waals surface area (Å²) >= 11 is 0. The van der Waals surface area contributed by atoms with Crippen molar-refractivity contribution in [3.8, 4) is 5.75 Å². The van der Waals surface area contributed by atoms with Crippen LogP contribution < -0.4 is 9.46 Å². The summed E-state index contributed by atoms with van der Waals surface area (Å²) in [5.41, 5.74) is 0.600. The van der Waals surface area contributed by atoms with E-state index in [9.17, 15) is 8.42 Å². The van der Waals surface area contributed by atoms with Crippen LogP contribution in [0.5, 0.6) is 5.75 Å². The van der Waals surface area contributed by atoms with Crippen LogP contribution in [0.3, 0.4) is 0 Å². The predicted octanol–water partition coefficient (Wildman–Crippen LogP) is 2.14. The molecule has 3 rings (SSSR count). The molecule has 0 radical (unpaired) electrons. The Kier molecular flexibility index (Phi) is 5.40. The molecule has 1 aliphatic heterocycles. The van der Waals surface area contributed by atoms with Crippen molar-refractivity contribution in [1.29, 1.82) is 0 Å². The predicted molar refractivity (Wildman–Crippen MR) is 98.9 cm³/mol. The first-order chi connectivity index (χ1) is 12.8. The average Bonchev–Trinajstić information content (AvgIpc) is 2.99. The molecule has 1 saturated heterocycles. The maximum atomic E-state index is 12.4. The molecule has 0 bridgehead atoms. The third-order valence-electron chi connectivity index (χ3n) is 3.66. The van der Waals surface area contributed by atoms with Gasteiger partial charge in [0.05, 0.1) is 36.7 Å². The third kappa shape index (κ3) is 5.00. The number of methoxy groups -OCH3 is 1. The van der Waals surface area contributed by atoms with E-state index in [2.05, 4.69) is 19.7 Å². The highest BCUT2D eigenvalue weighted by atomic mass is 32.2. The number of benzene rings is 1. The van der Waals surface area contributed by atoms with Gasteiger partial charge in [0.25, 0.3) is 10.0 Å². The van der Waals surface area contributed by atoms with Crippen molar-refractivity contribution in [3.63, 3.8) is 0 Å². The van der Waals surface area contributed by atoms with Crippen LogP contribution >= 0.6 is 0 Å². The van der Waals surface area contributed by atoms with Crippen molar-refractivity contribution < 1.29 is 22.6 Å². The maximum absolute atomic E-state index is 12.4. The SMILES string of the molecule is COc1cnc(NS(=O)(=O)c2ccc(N=C[C@@H]3COC(C)(C)O3)cc2)nc1. The van der Waals surface area contributed by atoms with Gasteiger partial charge < -0.3 is 14.2 Å². The molecule has 9 nitrogen and oxygen atoms in total. The molecular weight excluding hydrogens is 372 g/mol. The van der Waals surface area contributed by atoms with Crippen LogP contribution in [0, 0.1) is 0 Å². The van der Waals surface area contributed by atoms with Crippen molar-refractivity contribution in [3.05, 3.63) is 36.7 Å². The molecule has 0 spiro atoms. The first-order valence-electron chi connectivity index (χ1n) is 8.12. The van der Waals surface area contributed by atoms with Gasteiger partial charge in [-0.05, 0) is 38.1 Å². The Morgan fingerprint density at radius 1 is 1.26 bits per heavy atom. The quantitative estimate of drug-likeness (QED) is 0.750. The molecule has 1 aromatic carbocycles. The number of hydrogen-bond donors (Lipinski definition) is 1. The second kappa shape index (κ2) is 7.59. The van der Waals surface area contributed by atoms with Crippen LogP contribution in [0.25, 0.3) is 0 Å². The Bertz CT molecular complexity index is 911. The van der Waals surface area contributed by atoms with Crippen LogP contribution in [0.1, 0.15) is 13.8 Å². The zero-order valence-electron chi connectivity index (χ0n) is 15.1. The van der Waals surface area contributed by atoms with Gasteiger partial charge in [-0.3, -0.25) is 4.99 Å². The Morgan fingerprint density at radius 2 is 1.93 bits per heavy atom. The lowest BCUT2D eigenvalue weighted by molar-refractivity contribution is -0.130. The molecule has 1 aromatic heterocycles. The molecule has 2 aromatic rings. The number of aromatic nitrogens is 2. The molecule has 144 valence electrons. The van der Waals surface area contributed by atoms with Crippen LogP contribution in [0.15, 0.2) is 46.5 Å². The number of ether oxygens (including phenoxy) is 3. The fraction of sp³-hybridized carbons (Fsp3) is 0.353. The minimum atomic E-state index is -3.81. The van der Waals surface area contributed by atoms with E-state index in [-0.39, 0.29) is 16.9 Å². The van der Waals surface area contributed by atoms with Gasteiger partial charge in [0.2, 0.25) is 5.95 Å². The summed E-state index contributed by atoms with van der Waals surface area (Å²) in [7, 11) is -2.34. The first kappa shape index (κ1) is 19.2. The average molecular weight is 392 g/mol. The summed E-state index contributed by atoms with van der Waals surface area (Å²) in [5.74, 6) is -0.233. The number of hydrogen-bond acceptors (Lipinski definition) is 8. The number of aliphatic imine (C=N–C) groups is 1. The minimum absolute atomic E-state index is 0.0427. The zero-order valence-corrected chi connectivity index (χ0v) is 15.9. The molecule has 0 aliphatic carbocycles. The fourth-order valence-corrected chi connectivity index (χ4v) is 3.28. The Morgan fingerprint density at radius 3 is 2.48 bits per heavy atom. The molecule has 1 fully saturated rings. The van der Waals surface area contributed by atoms with Crippen molar-refractivity contribution in [2.75, 3.05) is 18.4 Å². The van der Waals surface area contributed by atoms with Gasteiger partial charge >= 0.3 is 0 Å². The molecule has 2 heterocycles. The van der Waals surface area contributed by atoms with Gasteiger partial charge in [-0.2, -0.15) is 0 Å². The highest BCUT2D eigenvalue weighted by molar-refractivity contribution is 7.92. The number of nitrogens with zero attached hydrogens (tertiary/aromatic N) is 3. The first-order valence-corrected chi connectivity index (χ1v) is 9.61. The molecule has 1 atom stereocenters. The van der Waals surface area contributed by atoms with Gasteiger partial charge in [-0.1, -0.05) is 0 Å². The lowest BCUT2D eigenvalue weighted by Crippen LogP contribution is -2.21. The topological polar surface area (TPSA) is 112 Å². The van der Waals surface area contributed by atoms with E-state index in [1.807, 2.05) is 13.8 Å². The van der Waals surface area contributed by atoms with E-state index in [1.165, 1.54) is 31.6 Å². The van der Waals surface area contributed by atoms with E-state index >= 15 is 0 Å². The minimum Gasteiger partial charge on any atom is -0.494 e. The summed E-state index contributed by atoms with van der Waals surface area (Å²) in [6, 6.07) is 6.10. The molecule has 10 heteroatoms. The monoisotopic (exact) mass is 392 g/mol. The largest absolute Gasteiger partial charge is 0.494 e. The van der Waals surface area contributed by atoms with Crippen molar-refractivity contribution in [2.24, 2.45) is 4.99 Å². The van der Waals surface area contributed by atoms with Crippen molar-refractivity contribution >= 4 is 27.9 Å². The van der Waals surface area contributed by atoms with Crippen LogP contribution in [0.2, 0.25) is 0 Å². The lowest BCUT2D eigenvalue weighted by atomic mass is 10.3. The van der Waals surface area contributed by atoms with E-state index in [0.717, 1.165) is 0 Å². The summed E-state index contributed by atoms with van der Waals surface area (Å²) in [4.78, 5) is 12.1. The molecule has 0 saturated carbocycles. The molecule has 0 unspecified atom stereocenters. The summed E-state index contributed by atoms with van der Waals surface area (Å²) < 4.78 is 43.2. The number of nitrogens with one attached hydrogen (secondary N) is 1. The van der Waals surface area contributed by atoms with Gasteiger partial charge in [0.1, 0.15) is 6.10 Å². The summed E-state index contributed by atoms with van der Waals surface area (Å²) in [5, 5.41) is 0. The third-order valence-corrected chi connectivity index (χ3v) is 5.00. The second-order valence-corrected chi connectivity index (χ2v) is 7.87.